The molecule has 1 rings (SSSR count). The molecule has 1 saturated heterocycles. The summed E-state index contributed by atoms with van der Waals surface area (Å²) in [5.41, 5.74) is 0. The Morgan fingerprint density at radius 1 is 1.37 bits per heavy atom. The lowest BCUT2D eigenvalue weighted by molar-refractivity contribution is -0.150. The van der Waals surface area contributed by atoms with Crippen LogP contribution in [0.4, 0.5) is 0 Å². The number of amides is 2. The Kier molecular flexibility index (Phi) is 5.59. The highest BCUT2D eigenvalue weighted by molar-refractivity contribution is 9.11. The molecular formula is C14H23BrN2O2. The third-order valence-corrected chi connectivity index (χ3v) is 3.43. The van der Waals surface area contributed by atoms with Gasteiger partial charge in [0, 0.05) is 4.48 Å². The van der Waals surface area contributed by atoms with Gasteiger partial charge in [-0.15, -0.1) is 0 Å². The first-order chi connectivity index (χ1) is 8.73. The second-order valence-corrected chi connectivity index (χ2v) is 6.98. The summed E-state index contributed by atoms with van der Waals surface area (Å²) in [5, 5.41) is 2.86. The Labute approximate surface area is 123 Å². The zero-order chi connectivity index (χ0) is 14.7. The van der Waals surface area contributed by atoms with Gasteiger partial charge in [-0.2, -0.15) is 0 Å². The Bertz CT molecular complexity index is 380. The van der Waals surface area contributed by atoms with Crippen LogP contribution in [0, 0.1) is 11.8 Å². The lowest BCUT2D eigenvalue weighted by atomic mass is 9.93. The van der Waals surface area contributed by atoms with Crippen molar-refractivity contribution in [3.63, 3.8) is 0 Å². The van der Waals surface area contributed by atoms with E-state index in [9.17, 15) is 9.59 Å². The molecule has 0 radical (unpaired) electrons. The maximum atomic E-state index is 12.5. The average molecular weight is 331 g/mol. The first kappa shape index (κ1) is 16.2. The molecule has 0 aromatic heterocycles. The minimum absolute atomic E-state index is 0.00685. The lowest BCUT2D eigenvalue weighted by Crippen LogP contribution is -2.65. The third kappa shape index (κ3) is 4.06. The first-order valence-corrected chi connectivity index (χ1v) is 7.47. The molecule has 108 valence electrons. The van der Waals surface area contributed by atoms with Gasteiger partial charge in [0.2, 0.25) is 11.8 Å². The van der Waals surface area contributed by atoms with Crippen LogP contribution in [0.15, 0.2) is 11.1 Å². The number of nitrogens with one attached hydrogen (secondary N) is 1. The minimum Gasteiger partial charge on any atom is -0.342 e. The largest absolute Gasteiger partial charge is 0.342 e. The second-order valence-electron chi connectivity index (χ2n) is 5.86. The molecule has 0 aliphatic carbocycles. The van der Waals surface area contributed by atoms with Gasteiger partial charge < -0.3 is 10.2 Å². The quantitative estimate of drug-likeness (QED) is 0.840. The van der Waals surface area contributed by atoms with E-state index in [1.54, 1.807) is 4.90 Å². The molecule has 2 amide bonds. The zero-order valence-corrected chi connectivity index (χ0v) is 13.7. The van der Waals surface area contributed by atoms with Gasteiger partial charge in [0.15, 0.2) is 0 Å². The van der Waals surface area contributed by atoms with Crippen molar-refractivity contribution in [3.8, 4) is 0 Å². The van der Waals surface area contributed by atoms with Gasteiger partial charge in [-0.3, -0.25) is 9.59 Å². The van der Waals surface area contributed by atoms with E-state index in [2.05, 4.69) is 27.8 Å². The van der Waals surface area contributed by atoms with Gasteiger partial charge in [0.25, 0.3) is 0 Å². The highest BCUT2D eigenvalue weighted by atomic mass is 79.9. The van der Waals surface area contributed by atoms with Gasteiger partial charge in [0.05, 0.1) is 6.54 Å². The maximum absolute atomic E-state index is 12.5. The average Bonchev–Trinajstić information content (AvgIpc) is 2.22. The molecule has 1 N–H and O–H groups in total. The molecular weight excluding hydrogens is 308 g/mol. The molecule has 0 bridgehead atoms. The van der Waals surface area contributed by atoms with Crippen LogP contribution in [0.5, 0.6) is 0 Å². The topological polar surface area (TPSA) is 49.4 Å². The Hall–Kier alpha value is -0.840. The third-order valence-electron chi connectivity index (χ3n) is 3.18. The van der Waals surface area contributed by atoms with E-state index in [4.69, 9.17) is 0 Å². The van der Waals surface area contributed by atoms with E-state index in [0.717, 1.165) is 0 Å². The molecule has 4 nitrogen and oxygen atoms in total. The first-order valence-electron chi connectivity index (χ1n) is 6.68. The normalized spacial score (nSPS) is 24.1. The standard InChI is InChI=1S/C14H23BrN2O2/c1-8(2)6-11-14(19)17(7-10(5)15)12(9(3)4)13(18)16-11/h8-9,11-12H,5-7H2,1-4H3,(H,16,18). The molecule has 2 atom stereocenters. The summed E-state index contributed by atoms with van der Waals surface area (Å²) in [5.74, 6) is 0.372. The minimum atomic E-state index is -0.412. The van der Waals surface area contributed by atoms with Crippen molar-refractivity contribution in [1.29, 1.82) is 0 Å². The molecule has 0 aromatic rings. The molecule has 2 unspecified atom stereocenters. The van der Waals surface area contributed by atoms with E-state index >= 15 is 0 Å². The molecule has 0 spiro atoms. The number of rotatable bonds is 5. The predicted molar refractivity (Wildman–Crippen MR) is 79.8 cm³/mol. The monoisotopic (exact) mass is 330 g/mol. The summed E-state index contributed by atoms with van der Waals surface area (Å²) >= 11 is 3.28. The lowest BCUT2D eigenvalue weighted by Gasteiger charge is -2.41. The van der Waals surface area contributed by atoms with E-state index in [-0.39, 0.29) is 17.7 Å². The summed E-state index contributed by atoms with van der Waals surface area (Å²) in [7, 11) is 0. The number of hydrogen-bond acceptors (Lipinski definition) is 2. The molecule has 1 aliphatic rings. The SMILES string of the molecule is C=C(Br)CN1C(=O)C(CC(C)C)NC(=O)C1C(C)C. The Balaban J connectivity index is 2.97. The van der Waals surface area contributed by atoms with Crippen molar-refractivity contribution in [2.24, 2.45) is 11.8 Å². The van der Waals surface area contributed by atoms with Crippen LogP contribution in [-0.2, 0) is 9.59 Å². The maximum Gasteiger partial charge on any atom is 0.246 e. The van der Waals surface area contributed by atoms with Crippen molar-refractivity contribution in [1.82, 2.24) is 10.2 Å². The van der Waals surface area contributed by atoms with Crippen molar-refractivity contribution in [2.75, 3.05) is 6.54 Å². The fourth-order valence-electron chi connectivity index (χ4n) is 2.45. The van der Waals surface area contributed by atoms with E-state index < -0.39 is 12.1 Å². The van der Waals surface area contributed by atoms with Crippen LogP contribution < -0.4 is 5.32 Å². The van der Waals surface area contributed by atoms with Gasteiger partial charge in [-0.25, -0.2) is 0 Å². The van der Waals surface area contributed by atoms with E-state index in [1.807, 2.05) is 27.7 Å². The molecule has 0 saturated carbocycles. The van der Waals surface area contributed by atoms with Crippen LogP contribution in [0.3, 0.4) is 0 Å². The number of piperazine rings is 1. The fraction of sp³-hybridized carbons (Fsp3) is 0.714. The molecule has 1 heterocycles. The van der Waals surface area contributed by atoms with Gasteiger partial charge in [-0.1, -0.05) is 50.2 Å². The summed E-state index contributed by atoms with van der Waals surface area (Å²) < 4.78 is 0.712. The second kappa shape index (κ2) is 6.55. The van der Waals surface area contributed by atoms with E-state index in [1.165, 1.54) is 0 Å². The van der Waals surface area contributed by atoms with Crippen molar-refractivity contribution in [3.05, 3.63) is 11.1 Å². The van der Waals surface area contributed by atoms with E-state index in [0.29, 0.717) is 23.4 Å². The zero-order valence-electron chi connectivity index (χ0n) is 12.1. The predicted octanol–water partition coefficient (Wildman–Crippen LogP) is 2.29. The molecule has 0 aromatic carbocycles. The Morgan fingerprint density at radius 3 is 2.37 bits per heavy atom. The molecule has 1 fully saturated rings. The van der Waals surface area contributed by atoms with Gasteiger partial charge in [0.1, 0.15) is 12.1 Å². The fourth-order valence-corrected chi connectivity index (χ4v) is 2.72. The van der Waals surface area contributed by atoms with Crippen LogP contribution in [0.2, 0.25) is 0 Å². The summed E-state index contributed by atoms with van der Waals surface area (Å²) in [6.45, 7) is 12.1. The highest BCUT2D eigenvalue weighted by Gasteiger charge is 2.41. The van der Waals surface area contributed by atoms with Gasteiger partial charge in [-0.05, 0) is 18.3 Å². The highest BCUT2D eigenvalue weighted by Crippen LogP contribution is 2.22. The molecule has 1 aliphatic heterocycles. The van der Waals surface area contributed by atoms with Crippen molar-refractivity contribution in [2.45, 2.75) is 46.2 Å². The van der Waals surface area contributed by atoms with Gasteiger partial charge >= 0.3 is 0 Å². The number of hydrogen-bond donors (Lipinski definition) is 1. The Morgan fingerprint density at radius 2 is 1.95 bits per heavy atom. The summed E-state index contributed by atoms with van der Waals surface area (Å²) in [6, 6.07) is -0.820. The number of halogens is 1. The van der Waals surface area contributed by atoms with Crippen LogP contribution in [0.25, 0.3) is 0 Å². The van der Waals surface area contributed by atoms with Crippen LogP contribution in [-0.4, -0.2) is 35.3 Å². The molecule has 5 heteroatoms. The summed E-state index contributed by atoms with van der Waals surface area (Å²) in [4.78, 5) is 26.4. The molecule has 19 heavy (non-hydrogen) atoms. The van der Waals surface area contributed by atoms with Crippen molar-refractivity contribution >= 4 is 27.7 Å². The van der Waals surface area contributed by atoms with Crippen molar-refractivity contribution < 1.29 is 9.59 Å². The smallest absolute Gasteiger partial charge is 0.246 e. The number of carbonyl (C=O) groups excluding carboxylic acids is 2. The van der Waals surface area contributed by atoms with Crippen LogP contribution in [0.1, 0.15) is 34.1 Å². The summed E-state index contributed by atoms with van der Waals surface area (Å²) in [6.07, 6.45) is 0.667. The number of nitrogens with zero attached hydrogens (tertiary/aromatic N) is 1. The number of carbonyl (C=O) groups is 2. The van der Waals surface area contributed by atoms with Crippen LogP contribution >= 0.6 is 15.9 Å².